The van der Waals surface area contributed by atoms with Gasteiger partial charge in [-0.2, -0.15) is 0 Å². The predicted octanol–water partition coefficient (Wildman–Crippen LogP) is 4.02. The summed E-state index contributed by atoms with van der Waals surface area (Å²) in [6.45, 7) is 0. The fraction of sp³-hybridized carbons (Fsp3) is 0.136. The minimum atomic E-state index is -0.463. The van der Waals surface area contributed by atoms with E-state index in [-0.39, 0.29) is 6.04 Å². The number of tetrazole rings is 1. The number of carbonyl (C=O) groups is 1. The summed E-state index contributed by atoms with van der Waals surface area (Å²) in [4.78, 5) is 16.8. The van der Waals surface area contributed by atoms with Crippen LogP contribution in [0.1, 0.15) is 17.2 Å². The van der Waals surface area contributed by atoms with Gasteiger partial charge in [0.05, 0.1) is 24.9 Å². The van der Waals surface area contributed by atoms with Gasteiger partial charge < -0.3 is 20.1 Å². The standard InChI is InChI=1S/C22H20ClN7O3/c1-32-19-12-20(33-2)18(11-17(19)23)27-22(31)26-16-5-3-4-15(10-16)21(30-13-25-28-29-30)14-6-8-24-9-7-14/h3-13,21H,1-2H3,(H2,26,27,31). The molecule has 0 bridgehead atoms. The number of nitrogens with one attached hydrogen (secondary N) is 2. The lowest BCUT2D eigenvalue weighted by molar-refractivity contribution is 0.262. The van der Waals surface area contributed by atoms with Gasteiger partial charge in [0.25, 0.3) is 0 Å². The van der Waals surface area contributed by atoms with Crippen molar-refractivity contribution in [3.63, 3.8) is 0 Å². The molecule has 2 aromatic carbocycles. The predicted molar refractivity (Wildman–Crippen MR) is 123 cm³/mol. The highest BCUT2D eigenvalue weighted by Gasteiger charge is 2.19. The smallest absolute Gasteiger partial charge is 0.323 e. The summed E-state index contributed by atoms with van der Waals surface area (Å²) in [5.74, 6) is 0.855. The molecule has 0 spiro atoms. The average molecular weight is 466 g/mol. The second-order valence-electron chi connectivity index (χ2n) is 6.86. The van der Waals surface area contributed by atoms with Crippen LogP contribution in [-0.2, 0) is 0 Å². The summed E-state index contributed by atoms with van der Waals surface area (Å²) in [5, 5.41) is 17.5. The topological polar surface area (TPSA) is 116 Å². The Morgan fingerprint density at radius 3 is 2.48 bits per heavy atom. The molecule has 1 atom stereocenters. The van der Waals surface area contributed by atoms with Gasteiger partial charge in [0.1, 0.15) is 23.9 Å². The number of benzene rings is 2. The van der Waals surface area contributed by atoms with E-state index in [9.17, 15) is 4.79 Å². The number of urea groups is 1. The second kappa shape index (κ2) is 9.96. The molecule has 0 saturated carbocycles. The highest BCUT2D eigenvalue weighted by Crippen LogP contribution is 2.36. The van der Waals surface area contributed by atoms with Crippen LogP contribution in [0.15, 0.2) is 67.3 Å². The molecule has 4 aromatic rings. The molecule has 10 nitrogen and oxygen atoms in total. The van der Waals surface area contributed by atoms with Gasteiger partial charge in [0.2, 0.25) is 0 Å². The first-order chi connectivity index (χ1) is 16.1. The Kier molecular flexibility index (Phi) is 6.65. The van der Waals surface area contributed by atoms with Gasteiger partial charge in [0, 0.05) is 24.1 Å². The van der Waals surface area contributed by atoms with Crippen LogP contribution in [0, 0.1) is 0 Å². The lowest BCUT2D eigenvalue weighted by Gasteiger charge is -2.18. The normalized spacial score (nSPS) is 11.5. The van der Waals surface area contributed by atoms with Gasteiger partial charge in [0.15, 0.2) is 0 Å². The molecule has 0 fully saturated rings. The Morgan fingerprint density at radius 1 is 1.00 bits per heavy atom. The van der Waals surface area contributed by atoms with Gasteiger partial charge >= 0.3 is 6.03 Å². The molecule has 0 radical (unpaired) electrons. The number of methoxy groups -OCH3 is 2. The molecule has 11 heteroatoms. The number of aromatic nitrogens is 5. The number of halogens is 1. The third-order valence-electron chi connectivity index (χ3n) is 4.83. The van der Waals surface area contributed by atoms with Gasteiger partial charge in [-0.15, -0.1) is 5.10 Å². The lowest BCUT2D eigenvalue weighted by Crippen LogP contribution is -2.20. The van der Waals surface area contributed by atoms with E-state index in [1.807, 2.05) is 30.3 Å². The zero-order valence-electron chi connectivity index (χ0n) is 17.8. The SMILES string of the molecule is COc1cc(OC)c(NC(=O)Nc2cccc(C(c3ccncc3)n3cnnn3)c2)cc1Cl. The van der Waals surface area contributed by atoms with E-state index >= 15 is 0 Å². The highest BCUT2D eigenvalue weighted by molar-refractivity contribution is 6.32. The highest BCUT2D eigenvalue weighted by atomic mass is 35.5. The lowest BCUT2D eigenvalue weighted by atomic mass is 9.99. The van der Waals surface area contributed by atoms with Crippen LogP contribution >= 0.6 is 11.6 Å². The van der Waals surface area contributed by atoms with Crippen molar-refractivity contribution in [1.82, 2.24) is 25.2 Å². The summed E-state index contributed by atoms with van der Waals surface area (Å²) < 4.78 is 12.2. The molecular formula is C22H20ClN7O3. The van der Waals surface area contributed by atoms with E-state index < -0.39 is 6.03 Å². The molecule has 0 aliphatic heterocycles. The monoisotopic (exact) mass is 465 g/mol. The summed E-state index contributed by atoms with van der Waals surface area (Å²) in [6.07, 6.45) is 4.95. The van der Waals surface area contributed by atoms with Crippen LogP contribution in [0.2, 0.25) is 5.02 Å². The molecule has 2 heterocycles. The third kappa shape index (κ3) is 5.01. The number of carbonyl (C=O) groups excluding carboxylic acids is 1. The number of ether oxygens (including phenoxy) is 2. The largest absolute Gasteiger partial charge is 0.495 e. The molecule has 168 valence electrons. The Bertz CT molecular complexity index is 1240. The Balaban J connectivity index is 1.57. The van der Waals surface area contributed by atoms with Crippen LogP contribution < -0.4 is 20.1 Å². The van der Waals surface area contributed by atoms with E-state index in [0.29, 0.717) is 27.9 Å². The first kappa shape index (κ1) is 22.0. The van der Waals surface area contributed by atoms with Gasteiger partial charge in [-0.1, -0.05) is 23.7 Å². The maximum atomic E-state index is 12.7. The molecular weight excluding hydrogens is 446 g/mol. The van der Waals surface area contributed by atoms with Crippen molar-refractivity contribution >= 4 is 29.0 Å². The van der Waals surface area contributed by atoms with Crippen molar-refractivity contribution in [3.05, 3.63) is 83.4 Å². The fourth-order valence-corrected chi connectivity index (χ4v) is 3.60. The quantitative estimate of drug-likeness (QED) is 0.423. The summed E-state index contributed by atoms with van der Waals surface area (Å²) in [6, 6.07) is 13.6. The molecule has 2 aromatic heterocycles. The Labute approximate surface area is 194 Å². The second-order valence-corrected chi connectivity index (χ2v) is 7.27. The van der Waals surface area contributed by atoms with E-state index in [1.165, 1.54) is 20.5 Å². The van der Waals surface area contributed by atoms with Crippen molar-refractivity contribution in [3.8, 4) is 11.5 Å². The molecule has 0 aliphatic carbocycles. The number of pyridine rings is 1. The first-order valence-corrected chi connectivity index (χ1v) is 10.2. The Hall–Kier alpha value is -4.18. The molecule has 0 aliphatic rings. The van der Waals surface area contributed by atoms with Crippen molar-refractivity contribution in [2.45, 2.75) is 6.04 Å². The number of nitrogens with zero attached hydrogens (tertiary/aromatic N) is 5. The third-order valence-corrected chi connectivity index (χ3v) is 5.13. The van der Waals surface area contributed by atoms with Crippen molar-refractivity contribution < 1.29 is 14.3 Å². The molecule has 33 heavy (non-hydrogen) atoms. The van der Waals surface area contributed by atoms with Crippen LogP contribution in [0.3, 0.4) is 0 Å². The van der Waals surface area contributed by atoms with Crippen molar-refractivity contribution in [2.24, 2.45) is 0 Å². The van der Waals surface area contributed by atoms with Gasteiger partial charge in [-0.05, 0) is 51.9 Å². The van der Waals surface area contributed by atoms with E-state index in [4.69, 9.17) is 21.1 Å². The number of rotatable bonds is 7. The molecule has 2 amide bonds. The van der Waals surface area contributed by atoms with Crippen LogP contribution in [-0.4, -0.2) is 45.4 Å². The average Bonchev–Trinajstić information content (AvgIpc) is 3.35. The molecule has 1 unspecified atom stereocenters. The fourth-order valence-electron chi connectivity index (χ4n) is 3.36. The maximum absolute atomic E-state index is 12.7. The number of hydrogen-bond donors (Lipinski definition) is 2. The number of amides is 2. The molecule has 4 rings (SSSR count). The molecule has 0 saturated heterocycles. The van der Waals surface area contributed by atoms with Crippen molar-refractivity contribution in [1.29, 1.82) is 0 Å². The zero-order chi connectivity index (χ0) is 23.2. The number of anilines is 2. The summed E-state index contributed by atoms with van der Waals surface area (Å²) in [7, 11) is 3.00. The number of hydrogen-bond acceptors (Lipinski definition) is 7. The van der Waals surface area contributed by atoms with E-state index in [0.717, 1.165) is 11.1 Å². The minimum Gasteiger partial charge on any atom is -0.495 e. The van der Waals surface area contributed by atoms with Crippen LogP contribution in [0.5, 0.6) is 11.5 Å². The van der Waals surface area contributed by atoms with Crippen LogP contribution in [0.4, 0.5) is 16.2 Å². The van der Waals surface area contributed by atoms with Crippen LogP contribution in [0.25, 0.3) is 0 Å². The first-order valence-electron chi connectivity index (χ1n) is 9.81. The summed E-state index contributed by atoms with van der Waals surface area (Å²) in [5.41, 5.74) is 2.80. The zero-order valence-corrected chi connectivity index (χ0v) is 18.5. The van der Waals surface area contributed by atoms with Crippen molar-refractivity contribution in [2.75, 3.05) is 24.9 Å². The molecule has 2 N–H and O–H groups in total. The maximum Gasteiger partial charge on any atom is 0.323 e. The van der Waals surface area contributed by atoms with E-state index in [2.05, 4.69) is 31.1 Å². The van der Waals surface area contributed by atoms with Gasteiger partial charge in [-0.3, -0.25) is 4.98 Å². The minimum absolute atomic E-state index is 0.298. The summed E-state index contributed by atoms with van der Waals surface area (Å²) >= 11 is 6.19. The Morgan fingerprint density at radius 2 is 1.79 bits per heavy atom. The van der Waals surface area contributed by atoms with E-state index in [1.54, 1.807) is 35.3 Å². The van der Waals surface area contributed by atoms with Gasteiger partial charge in [-0.25, -0.2) is 9.48 Å².